The first-order chi connectivity index (χ1) is 12.7. The maximum Gasteiger partial charge on any atom is 0.225 e. The molecule has 140 valence electrons. The first-order valence-electron chi connectivity index (χ1n) is 9.83. The molecule has 0 atom stereocenters. The number of carbonyl (C=O) groups excluding carboxylic acids is 1. The molecule has 1 amide bonds. The first-order valence-corrected chi connectivity index (χ1v) is 10.2. The summed E-state index contributed by atoms with van der Waals surface area (Å²) >= 11 is 6.04. The molecule has 2 saturated heterocycles. The third kappa shape index (κ3) is 4.04. The fraction of sp³-hybridized carbons (Fsp3) is 0.600. The van der Waals surface area contributed by atoms with Crippen molar-refractivity contribution in [1.29, 1.82) is 0 Å². The number of likely N-dealkylation sites (tertiary alicyclic amines) is 2. The van der Waals surface area contributed by atoms with Gasteiger partial charge in [0.2, 0.25) is 5.91 Å². The molecule has 0 aliphatic carbocycles. The second-order valence-electron chi connectivity index (χ2n) is 7.63. The highest BCUT2D eigenvalue weighted by Gasteiger charge is 2.29. The summed E-state index contributed by atoms with van der Waals surface area (Å²) in [6, 6.07) is 3.81. The van der Waals surface area contributed by atoms with Gasteiger partial charge >= 0.3 is 0 Å². The van der Waals surface area contributed by atoms with E-state index in [1.54, 1.807) is 0 Å². The van der Waals surface area contributed by atoms with Gasteiger partial charge in [-0.05, 0) is 50.9 Å². The number of carbonyl (C=O) groups is 1. The number of halogens is 1. The number of rotatable bonds is 3. The van der Waals surface area contributed by atoms with E-state index in [1.165, 1.54) is 25.7 Å². The molecule has 4 rings (SSSR count). The fourth-order valence-corrected chi connectivity index (χ4v) is 4.38. The van der Waals surface area contributed by atoms with Crippen molar-refractivity contribution < 1.29 is 4.79 Å². The summed E-state index contributed by atoms with van der Waals surface area (Å²) < 4.78 is 1.98. The number of hydrogen-bond donors (Lipinski definition) is 0. The lowest BCUT2D eigenvalue weighted by atomic mass is 9.95. The Kier molecular flexibility index (Phi) is 5.46. The lowest BCUT2D eigenvalue weighted by Gasteiger charge is -2.33. The molecule has 5 nitrogen and oxygen atoms in total. The zero-order valence-corrected chi connectivity index (χ0v) is 16.0. The topological polar surface area (TPSA) is 40.9 Å². The Hall–Kier alpha value is -1.59. The van der Waals surface area contributed by atoms with Crippen molar-refractivity contribution >= 4 is 23.2 Å². The normalized spacial score (nSPS) is 20.4. The van der Waals surface area contributed by atoms with Gasteiger partial charge in [0, 0.05) is 37.9 Å². The number of imidazole rings is 1. The molecule has 6 heteroatoms. The highest BCUT2D eigenvalue weighted by molar-refractivity contribution is 6.30. The molecule has 2 fully saturated rings. The summed E-state index contributed by atoms with van der Waals surface area (Å²) in [4.78, 5) is 22.0. The van der Waals surface area contributed by atoms with E-state index in [1.807, 2.05) is 22.7 Å². The van der Waals surface area contributed by atoms with Crippen LogP contribution in [0, 0.1) is 5.92 Å². The standard InChI is InChI=1S/C20H27ClN4O/c21-17-5-6-19-22-18(15-25(19)13-17)14-23-11-7-16(8-12-23)20(26)24-9-3-1-2-4-10-24/h5-6,13,15-16H,1-4,7-12,14H2. The molecule has 0 aromatic carbocycles. The van der Waals surface area contributed by atoms with Gasteiger partial charge < -0.3 is 9.30 Å². The van der Waals surface area contributed by atoms with Gasteiger partial charge in [-0.25, -0.2) is 4.98 Å². The Balaban J connectivity index is 1.32. The maximum atomic E-state index is 12.8. The van der Waals surface area contributed by atoms with E-state index in [-0.39, 0.29) is 5.92 Å². The molecule has 0 radical (unpaired) electrons. The summed E-state index contributed by atoms with van der Waals surface area (Å²) in [5.74, 6) is 0.609. The van der Waals surface area contributed by atoms with E-state index in [0.717, 1.165) is 56.9 Å². The molecule has 0 N–H and O–H groups in total. The number of amides is 1. The number of pyridine rings is 1. The number of fused-ring (bicyclic) bond motifs is 1. The predicted molar refractivity (Wildman–Crippen MR) is 103 cm³/mol. The summed E-state index contributed by atoms with van der Waals surface area (Å²) in [6.07, 6.45) is 10.8. The van der Waals surface area contributed by atoms with Gasteiger partial charge in [-0.15, -0.1) is 0 Å². The molecule has 0 saturated carbocycles. The van der Waals surface area contributed by atoms with Crippen LogP contribution in [-0.4, -0.2) is 51.3 Å². The van der Waals surface area contributed by atoms with Crippen LogP contribution in [0.4, 0.5) is 0 Å². The zero-order chi connectivity index (χ0) is 17.9. The minimum absolute atomic E-state index is 0.212. The highest BCUT2D eigenvalue weighted by atomic mass is 35.5. The van der Waals surface area contributed by atoms with E-state index in [2.05, 4.69) is 21.0 Å². The van der Waals surface area contributed by atoms with E-state index in [4.69, 9.17) is 11.6 Å². The van der Waals surface area contributed by atoms with Crippen molar-refractivity contribution in [2.45, 2.75) is 45.1 Å². The van der Waals surface area contributed by atoms with Gasteiger partial charge in [0.05, 0.1) is 10.7 Å². The Labute approximate surface area is 159 Å². The summed E-state index contributed by atoms with van der Waals surface area (Å²) in [5, 5.41) is 0.717. The van der Waals surface area contributed by atoms with Crippen LogP contribution in [0.5, 0.6) is 0 Å². The summed E-state index contributed by atoms with van der Waals surface area (Å²) in [6.45, 7) is 4.70. The third-order valence-corrected chi connectivity index (χ3v) is 5.93. The molecule has 0 bridgehead atoms. The van der Waals surface area contributed by atoms with Crippen LogP contribution in [-0.2, 0) is 11.3 Å². The summed E-state index contributed by atoms with van der Waals surface area (Å²) in [7, 11) is 0. The van der Waals surface area contributed by atoms with Gasteiger partial charge in [-0.3, -0.25) is 9.69 Å². The molecular weight excluding hydrogens is 348 g/mol. The van der Waals surface area contributed by atoms with Crippen molar-refractivity contribution in [1.82, 2.24) is 19.2 Å². The van der Waals surface area contributed by atoms with Crippen LogP contribution in [0.15, 0.2) is 24.5 Å². The molecule has 2 aromatic rings. The molecule has 4 heterocycles. The van der Waals surface area contributed by atoms with Crippen LogP contribution in [0.3, 0.4) is 0 Å². The number of aromatic nitrogens is 2. The second-order valence-corrected chi connectivity index (χ2v) is 8.07. The Morgan fingerprint density at radius 3 is 2.50 bits per heavy atom. The Morgan fingerprint density at radius 1 is 1.04 bits per heavy atom. The molecule has 2 aliphatic rings. The number of hydrogen-bond acceptors (Lipinski definition) is 3. The number of nitrogens with zero attached hydrogens (tertiary/aromatic N) is 4. The van der Waals surface area contributed by atoms with E-state index < -0.39 is 0 Å². The van der Waals surface area contributed by atoms with Crippen molar-refractivity contribution in [3.05, 3.63) is 35.2 Å². The maximum absolute atomic E-state index is 12.8. The molecule has 0 spiro atoms. The molecule has 0 unspecified atom stereocenters. The first kappa shape index (κ1) is 17.8. The monoisotopic (exact) mass is 374 g/mol. The minimum Gasteiger partial charge on any atom is -0.342 e. The van der Waals surface area contributed by atoms with Crippen LogP contribution < -0.4 is 0 Å². The lowest BCUT2D eigenvalue weighted by Crippen LogP contribution is -2.42. The largest absolute Gasteiger partial charge is 0.342 e. The molecule has 26 heavy (non-hydrogen) atoms. The average molecular weight is 375 g/mol. The van der Waals surface area contributed by atoms with Gasteiger partial charge in [0.1, 0.15) is 5.65 Å². The summed E-state index contributed by atoms with van der Waals surface area (Å²) in [5.41, 5.74) is 1.99. The van der Waals surface area contributed by atoms with Crippen molar-refractivity contribution in [3.63, 3.8) is 0 Å². The lowest BCUT2D eigenvalue weighted by molar-refractivity contribution is -0.137. The van der Waals surface area contributed by atoms with Crippen molar-refractivity contribution in [2.24, 2.45) is 5.92 Å². The van der Waals surface area contributed by atoms with Crippen molar-refractivity contribution in [3.8, 4) is 0 Å². The van der Waals surface area contributed by atoms with Crippen LogP contribution in [0.2, 0.25) is 5.02 Å². The van der Waals surface area contributed by atoms with E-state index in [9.17, 15) is 4.79 Å². The Morgan fingerprint density at radius 2 is 1.77 bits per heavy atom. The third-order valence-electron chi connectivity index (χ3n) is 5.71. The van der Waals surface area contributed by atoms with Gasteiger partial charge in [-0.2, -0.15) is 0 Å². The van der Waals surface area contributed by atoms with Gasteiger partial charge in [0.25, 0.3) is 0 Å². The minimum atomic E-state index is 0.212. The predicted octanol–water partition coefficient (Wildman–Crippen LogP) is 3.60. The van der Waals surface area contributed by atoms with Crippen molar-refractivity contribution in [2.75, 3.05) is 26.2 Å². The molecule has 2 aromatic heterocycles. The van der Waals surface area contributed by atoms with Crippen LogP contribution >= 0.6 is 11.6 Å². The van der Waals surface area contributed by atoms with Gasteiger partial charge in [0.15, 0.2) is 0 Å². The van der Waals surface area contributed by atoms with E-state index >= 15 is 0 Å². The smallest absolute Gasteiger partial charge is 0.225 e. The highest BCUT2D eigenvalue weighted by Crippen LogP contribution is 2.23. The van der Waals surface area contributed by atoms with E-state index in [0.29, 0.717) is 10.9 Å². The van der Waals surface area contributed by atoms with Crippen LogP contribution in [0.25, 0.3) is 5.65 Å². The second kappa shape index (κ2) is 7.97. The quantitative estimate of drug-likeness (QED) is 0.824. The SMILES string of the molecule is O=C(C1CCN(Cc2cn3cc(Cl)ccc3n2)CC1)N1CCCCCC1. The van der Waals surface area contributed by atoms with Crippen LogP contribution in [0.1, 0.15) is 44.2 Å². The molecule has 2 aliphatic heterocycles. The Bertz CT molecular complexity index is 758. The van der Waals surface area contributed by atoms with Gasteiger partial charge in [-0.1, -0.05) is 24.4 Å². The average Bonchev–Trinajstić information content (AvgIpc) is 2.85. The zero-order valence-electron chi connectivity index (χ0n) is 15.2. The molecular formula is C20H27ClN4O. The number of piperidine rings is 1. The fourth-order valence-electron chi connectivity index (χ4n) is 4.21.